The molecule has 0 bridgehead atoms. The van der Waals surface area contributed by atoms with Gasteiger partial charge in [0, 0.05) is 17.0 Å². The smallest absolute Gasteiger partial charge is 0.331 e. The van der Waals surface area contributed by atoms with Crippen LogP contribution in [0.4, 0.5) is 4.79 Å². The third-order valence-corrected chi connectivity index (χ3v) is 3.89. The average Bonchev–Trinajstić information content (AvgIpc) is 3.05. The number of aromatic nitrogens is 1. The van der Waals surface area contributed by atoms with E-state index in [1.165, 1.54) is 11.3 Å². The van der Waals surface area contributed by atoms with E-state index in [0.29, 0.717) is 16.3 Å². The molecule has 3 N–H and O–H groups in total. The van der Waals surface area contributed by atoms with Gasteiger partial charge >= 0.3 is 12.0 Å². The van der Waals surface area contributed by atoms with Crippen LogP contribution in [0.2, 0.25) is 0 Å². The van der Waals surface area contributed by atoms with E-state index in [9.17, 15) is 14.7 Å². The van der Waals surface area contributed by atoms with Crippen LogP contribution in [-0.2, 0) is 11.3 Å². The standard InChI is InChI=1S/C13H15N3O4S/c1-7-9(8(2)20-16-7)6-14-13(19)15-11(12(17)18)10-4-3-5-21-10/h3-5,11H,6H2,1-2H3,(H,17,18)(H2,14,15,19). The predicted molar refractivity (Wildman–Crippen MR) is 76.0 cm³/mol. The molecule has 0 fully saturated rings. The lowest BCUT2D eigenvalue weighted by molar-refractivity contribution is -0.139. The minimum Gasteiger partial charge on any atom is -0.479 e. The number of hydrogen-bond donors (Lipinski definition) is 3. The maximum absolute atomic E-state index is 11.8. The van der Waals surface area contributed by atoms with Crippen LogP contribution < -0.4 is 10.6 Å². The number of aliphatic carboxylic acids is 1. The van der Waals surface area contributed by atoms with E-state index < -0.39 is 18.0 Å². The average molecular weight is 309 g/mol. The van der Waals surface area contributed by atoms with Crippen molar-refractivity contribution < 1.29 is 19.2 Å². The summed E-state index contributed by atoms with van der Waals surface area (Å²) >= 11 is 1.27. The topological polar surface area (TPSA) is 104 Å². The number of carbonyl (C=O) groups excluding carboxylic acids is 1. The van der Waals surface area contributed by atoms with Gasteiger partial charge in [0.15, 0.2) is 6.04 Å². The molecule has 0 aliphatic heterocycles. The summed E-state index contributed by atoms with van der Waals surface area (Å²) in [5.41, 5.74) is 1.48. The molecular formula is C13H15N3O4S. The van der Waals surface area contributed by atoms with Crippen molar-refractivity contribution >= 4 is 23.3 Å². The van der Waals surface area contributed by atoms with Crippen LogP contribution in [0, 0.1) is 13.8 Å². The van der Waals surface area contributed by atoms with Crippen molar-refractivity contribution in [1.29, 1.82) is 0 Å². The minimum absolute atomic E-state index is 0.226. The van der Waals surface area contributed by atoms with Crippen molar-refractivity contribution in [2.24, 2.45) is 0 Å². The molecule has 0 aromatic carbocycles. The summed E-state index contributed by atoms with van der Waals surface area (Å²) in [5, 5.41) is 19.8. The molecule has 0 saturated heterocycles. The van der Waals surface area contributed by atoms with Crippen LogP contribution in [-0.4, -0.2) is 22.3 Å². The molecule has 112 valence electrons. The molecule has 0 aliphatic rings. The number of carboxylic acid groups (broad SMARTS) is 1. The van der Waals surface area contributed by atoms with Crippen molar-refractivity contribution in [2.75, 3.05) is 0 Å². The maximum Gasteiger partial charge on any atom is 0.331 e. The Hall–Kier alpha value is -2.35. The molecule has 0 saturated carbocycles. The number of aryl methyl sites for hydroxylation is 2. The van der Waals surface area contributed by atoms with Crippen LogP contribution in [0.1, 0.15) is 27.9 Å². The zero-order valence-electron chi connectivity index (χ0n) is 11.5. The van der Waals surface area contributed by atoms with Crippen LogP contribution in [0.15, 0.2) is 22.0 Å². The van der Waals surface area contributed by atoms with Gasteiger partial charge < -0.3 is 20.3 Å². The van der Waals surface area contributed by atoms with Crippen molar-refractivity contribution in [3.63, 3.8) is 0 Å². The summed E-state index contributed by atoms with van der Waals surface area (Å²) in [7, 11) is 0. The van der Waals surface area contributed by atoms with Gasteiger partial charge in [-0.2, -0.15) is 0 Å². The quantitative estimate of drug-likeness (QED) is 0.783. The van der Waals surface area contributed by atoms with Crippen LogP contribution >= 0.6 is 11.3 Å². The fourth-order valence-electron chi connectivity index (χ4n) is 1.82. The Morgan fingerprint density at radius 3 is 2.76 bits per heavy atom. The Bertz CT molecular complexity index is 616. The summed E-state index contributed by atoms with van der Waals surface area (Å²) in [6.07, 6.45) is 0. The lowest BCUT2D eigenvalue weighted by Crippen LogP contribution is -2.40. The van der Waals surface area contributed by atoms with Gasteiger partial charge in [-0.15, -0.1) is 11.3 Å². The molecule has 7 nitrogen and oxygen atoms in total. The summed E-state index contributed by atoms with van der Waals surface area (Å²) in [6.45, 7) is 3.75. The highest BCUT2D eigenvalue weighted by Crippen LogP contribution is 2.19. The number of nitrogens with zero attached hydrogens (tertiary/aromatic N) is 1. The number of nitrogens with one attached hydrogen (secondary N) is 2. The normalized spacial score (nSPS) is 11.9. The SMILES string of the molecule is Cc1noc(C)c1CNC(=O)NC(C(=O)O)c1cccs1. The van der Waals surface area contributed by atoms with Gasteiger partial charge in [-0.3, -0.25) is 0 Å². The number of carbonyl (C=O) groups is 2. The monoisotopic (exact) mass is 309 g/mol. The second-order valence-electron chi connectivity index (χ2n) is 4.42. The zero-order valence-corrected chi connectivity index (χ0v) is 12.4. The molecule has 0 radical (unpaired) electrons. The van der Waals surface area contributed by atoms with E-state index in [0.717, 1.165) is 5.56 Å². The van der Waals surface area contributed by atoms with E-state index in [1.54, 1.807) is 31.4 Å². The van der Waals surface area contributed by atoms with Crippen molar-refractivity contribution in [1.82, 2.24) is 15.8 Å². The summed E-state index contributed by atoms with van der Waals surface area (Å²) in [5.74, 6) is -0.481. The first-order valence-electron chi connectivity index (χ1n) is 6.21. The Morgan fingerprint density at radius 2 is 2.24 bits per heavy atom. The summed E-state index contributed by atoms with van der Waals surface area (Å²) in [6, 6.07) is 1.78. The number of carboxylic acids is 1. The van der Waals surface area contributed by atoms with Crippen LogP contribution in [0.5, 0.6) is 0 Å². The summed E-state index contributed by atoms with van der Waals surface area (Å²) in [4.78, 5) is 23.6. The molecular weight excluding hydrogens is 294 g/mol. The molecule has 1 atom stereocenters. The van der Waals surface area contributed by atoms with Crippen molar-refractivity contribution in [2.45, 2.75) is 26.4 Å². The van der Waals surface area contributed by atoms with Gasteiger partial charge in [-0.1, -0.05) is 11.2 Å². The Kier molecular flexibility index (Phi) is 4.59. The largest absolute Gasteiger partial charge is 0.479 e. The molecule has 8 heteroatoms. The zero-order chi connectivity index (χ0) is 15.4. The third kappa shape index (κ3) is 3.60. The van der Waals surface area contributed by atoms with E-state index in [4.69, 9.17) is 4.52 Å². The van der Waals surface area contributed by atoms with E-state index in [2.05, 4.69) is 15.8 Å². The molecule has 0 spiro atoms. The second kappa shape index (κ2) is 6.40. The van der Waals surface area contributed by atoms with Crippen molar-refractivity contribution in [3.05, 3.63) is 39.4 Å². The minimum atomic E-state index is -1.11. The predicted octanol–water partition coefficient (Wildman–Crippen LogP) is 1.98. The lowest BCUT2D eigenvalue weighted by atomic mass is 10.2. The van der Waals surface area contributed by atoms with Gasteiger partial charge in [-0.25, -0.2) is 9.59 Å². The molecule has 2 amide bonds. The Labute approximate surface area is 125 Å². The van der Waals surface area contributed by atoms with Gasteiger partial charge in [0.05, 0.1) is 5.69 Å². The molecule has 21 heavy (non-hydrogen) atoms. The number of urea groups is 1. The molecule has 2 heterocycles. The van der Waals surface area contributed by atoms with Gasteiger partial charge in [-0.05, 0) is 25.3 Å². The number of rotatable bonds is 5. The fourth-order valence-corrected chi connectivity index (χ4v) is 2.58. The Balaban J connectivity index is 1.96. The number of hydrogen-bond acceptors (Lipinski definition) is 5. The van der Waals surface area contributed by atoms with Crippen LogP contribution in [0.3, 0.4) is 0 Å². The molecule has 2 aromatic heterocycles. The maximum atomic E-state index is 11.8. The summed E-state index contributed by atoms with van der Waals surface area (Å²) < 4.78 is 4.99. The second-order valence-corrected chi connectivity index (χ2v) is 5.40. The van der Waals surface area contributed by atoms with E-state index in [1.807, 2.05) is 0 Å². The first kappa shape index (κ1) is 15.0. The fraction of sp³-hybridized carbons (Fsp3) is 0.308. The highest BCUT2D eigenvalue weighted by molar-refractivity contribution is 7.10. The van der Waals surface area contributed by atoms with Gasteiger partial charge in [0.2, 0.25) is 0 Å². The highest BCUT2D eigenvalue weighted by atomic mass is 32.1. The Morgan fingerprint density at radius 1 is 1.48 bits per heavy atom. The first-order valence-corrected chi connectivity index (χ1v) is 7.09. The number of thiophene rings is 1. The van der Waals surface area contributed by atoms with E-state index >= 15 is 0 Å². The van der Waals surface area contributed by atoms with Gasteiger partial charge in [0.25, 0.3) is 0 Å². The van der Waals surface area contributed by atoms with E-state index in [-0.39, 0.29) is 6.54 Å². The number of amides is 2. The molecule has 0 aliphatic carbocycles. The van der Waals surface area contributed by atoms with Crippen molar-refractivity contribution in [3.8, 4) is 0 Å². The van der Waals surface area contributed by atoms with Crippen LogP contribution in [0.25, 0.3) is 0 Å². The molecule has 1 unspecified atom stereocenters. The first-order chi connectivity index (χ1) is 9.99. The molecule has 2 rings (SSSR count). The molecule has 2 aromatic rings. The van der Waals surface area contributed by atoms with Gasteiger partial charge in [0.1, 0.15) is 5.76 Å². The lowest BCUT2D eigenvalue weighted by Gasteiger charge is -2.13. The third-order valence-electron chi connectivity index (χ3n) is 2.96. The highest BCUT2D eigenvalue weighted by Gasteiger charge is 2.23.